The van der Waals surface area contributed by atoms with Crippen molar-refractivity contribution < 1.29 is 13.2 Å². The van der Waals surface area contributed by atoms with Crippen LogP contribution in [0.2, 0.25) is 0 Å². The molecule has 0 radical (unpaired) electrons. The Morgan fingerprint density at radius 1 is 1.25 bits per heavy atom. The highest BCUT2D eigenvalue weighted by Gasteiger charge is 2.25. The first-order valence-electron chi connectivity index (χ1n) is 6.34. The van der Waals surface area contributed by atoms with Crippen LogP contribution in [0.15, 0.2) is 28.6 Å². The standard InChI is InChI=1S/C13H16N2O3S2/c1-3-15(4-2)12(16)9-20(17,18)13-14-10-7-5-6-8-11(10)19-13/h5-8H,3-4,9H2,1-2H3. The van der Waals surface area contributed by atoms with Crippen molar-refractivity contribution in [3.8, 4) is 0 Å². The number of sulfone groups is 1. The molecule has 0 saturated heterocycles. The Kier molecular flexibility index (Phi) is 4.39. The second-order valence-electron chi connectivity index (χ2n) is 4.27. The van der Waals surface area contributed by atoms with E-state index in [4.69, 9.17) is 0 Å². The highest BCUT2D eigenvalue weighted by molar-refractivity contribution is 7.94. The lowest BCUT2D eigenvalue weighted by Gasteiger charge is -2.17. The monoisotopic (exact) mass is 312 g/mol. The number of carbonyl (C=O) groups excluding carboxylic acids is 1. The lowest BCUT2D eigenvalue weighted by atomic mass is 10.3. The molecule has 20 heavy (non-hydrogen) atoms. The van der Waals surface area contributed by atoms with E-state index in [2.05, 4.69) is 4.98 Å². The van der Waals surface area contributed by atoms with E-state index in [1.165, 1.54) is 4.90 Å². The van der Waals surface area contributed by atoms with E-state index >= 15 is 0 Å². The summed E-state index contributed by atoms with van der Waals surface area (Å²) in [6.45, 7) is 4.66. The first kappa shape index (κ1) is 14.9. The van der Waals surface area contributed by atoms with Crippen LogP contribution in [-0.4, -0.2) is 43.1 Å². The van der Waals surface area contributed by atoms with E-state index in [1.54, 1.807) is 12.1 Å². The maximum Gasteiger partial charge on any atom is 0.238 e. The smallest absolute Gasteiger partial charge is 0.238 e. The average Bonchev–Trinajstić information content (AvgIpc) is 2.84. The molecule has 0 atom stereocenters. The summed E-state index contributed by atoms with van der Waals surface area (Å²) >= 11 is 1.10. The Morgan fingerprint density at radius 3 is 2.50 bits per heavy atom. The number of nitrogens with zero attached hydrogens (tertiary/aromatic N) is 2. The molecule has 1 amide bonds. The number of carbonyl (C=O) groups is 1. The SMILES string of the molecule is CCN(CC)C(=O)CS(=O)(=O)c1nc2ccccc2s1. The van der Waals surface area contributed by atoms with Gasteiger partial charge in [-0.2, -0.15) is 0 Å². The van der Waals surface area contributed by atoms with E-state index in [-0.39, 0.29) is 10.2 Å². The number of aromatic nitrogens is 1. The quantitative estimate of drug-likeness (QED) is 0.846. The van der Waals surface area contributed by atoms with Gasteiger partial charge < -0.3 is 4.90 Å². The van der Waals surface area contributed by atoms with Crippen molar-refractivity contribution in [1.82, 2.24) is 9.88 Å². The van der Waals surface area contributed by atoms with Gasteiger partial charge in [-0.05, 0) is 26.0 Å². The molecule has 0 aliphatic heterocycles. The van der Waals surface area contributed by atoms with E-state index in [0.717, 1.165) is 16.0 Å². The predicted octanol–water partition coefficient (Wildman–Crippen LogP) is 1.94. The van der Waals surface area contributed by atoms with Gasteiger partial charge in [0.2, 0.25) is 20.1 Å². The van der Waals surface area contributed by atoms with Gasteiger partial charge in [0.15, 0.2) is 0 Å². The Balaban J connectivity index is 2.28. The van der Waals surface area contributed by atoms with Crippen molar-refractivity contribution in [3.63, 3.8) is 0 Å². The Hall–Kier alpha value is -1.47. The topological polar surface area (TPSA) is 67.3 Å². The molecule has 1 heterocycles. The fourth-order valence-electron chi connectivity index (χ4n) is 1.88. The van der Waals surface area contributed by atoms with Gasteiger partial charge in [0.1, 0.15) is 5.75 Å². The highest BCUT2D eigenvalue weighted by Crippen LogP contribution is 2.25. The van der Waals surface area contributed by atoms with Gasteiger partial charge in [-0.3, -0.25) is 4.79 Å². The molecule has 1 aromatic carbocycles. The molecule has 108 valence electrons. The Bertz CT molecular complexity index is 685. The van der Waals surface area contributed by atoms with Crippen molar-refractivity contribution in [2.45, 2.75) is 18.2 Å². The molecule has 7 heteroatoms. The minimum absolute atomic E-state index is 0.0132. The molecule has 0 aliphatic rings. The number of hydrogen-bond acceptors (Lipinski definition) is 5. The summed E-state index contributed by atoms with van der Waals surface area (Å²) in [5, 5.41) is 0. The van der Waals surface area contributed by atoms with Crippen LogP contribution in [0.1, 0.15) is 13.8 Å². The van der Waals surface area contributed by atoms with Crippen molar-refractivity contribution >= 4 is 37.3 Å². The number of fused-ring (bicyclic) bond motifs is 1. The molecule has 0 N–H and O–H groups in total. The molecule has 0 aliphatic carbocycles. The third-order valence-corrected chi connectivity index (χ3v) is 6.06. The lowest BCUT2D eigenvalue weighted by Crippen LogP contribution is -2.35. The largest absolute Gasteiger partial charge is 0.342 e. The summed E-state index contributed by atoms with van der Waals surface area (Å²) in [6.07, 6.45) is 0. The van der Waals surface area contributed by atoms with Crippen LogP contribution in [0.3, 0.4) is 0 Å². The van der Waals surface area contributed by atoms with Crippen LogP contribution in [0.4, 0.5) is 0 Å². The van der Waals surface area contributed by atoms with Gasteiger partial charge in [-0.25, -0.2) is 13.4 Å². The fraction of sp³-hybridized carbons (Fsp3) is 0.385. The maximum absolute atomic E-state index is 12.2. The van der Waals surface area contributed by atoms with Crippen LogP contribution in [0.5, 0.6) is 0 Å². The molecule has 0 unspecified atom stereocenters. The summed E-state index contributed by atoms with van der Waals surface area (Å²) in [7, 11) is -3.67. The van der Waals surface area contributed by atoms with Gasteiger partial charge in [0, 0.05) is 13.1 Å². The second-order valence-corrected chi connectivity index (χ2v) is 7.47. The maximum atomic E-state index is 12.2. The van der Waals surface area contributed by atoms with Crippen molar-refractivity contribution in [3.05, 3.63) is 24.3 Å². The van der Waals surface area contributed by atoms with Gasteiger partial charge in [0.25, 0.3) is 0 Å². The van der Waals surface area contributed by atoms with E-state index in [9.17, 15) is 13.2 Å². The predicted molar refractivity (Wildman–Crippen MR) is 79.6 cm³/mol. The van der Waals surface area contributed by atoms with Crippen molar-refractivity contribution in [2.24, 2.45) is 0 Å². The van der Waals surface area contributed by atoms with E-state index in [0.29, 0.717) is 18.6 Å². The Morgan fingerprint density at radius 2 is 1.90 bits per heavy atom. The van der Waals surface area contributed by atoms with Crippen molar-refractivity contribution in [2.75, 3.05) is 18.8 Å². The third kappa shape index (κ3) is 2.99. The van der Waals surface area contributed by atoms with E-state index in [1.807, 2.05) is 26.0 Å². The molecule has 0 spiro atoms. The third-order valence-electron chi connectivity index (χ3n) is 2.97. The summed E-state index contributed by atoms with van der Waals surface area (Å²) in [5.41, 5.74) is 0.645. The van der Waals surface area contributed by atoms with Crippen LogP contribution in [0.25, 0.3) is 10.2 Å². The summed E-state index contributed by atoms with van der Waals surface area (Å²) < 4.78 is 25.3. The number of hydrogen-bond donors (Lipinski definition) is 0. The second kappa shape index (κ2) is 5.88. The minimum Gasteiger partial charge on any atom is -0.342 e. The number of para-hydroxylation sites is 1. The summed E-state index contributed by atoms with van der Waals surface area (Å²) in [6, 6.07) is 7.22. The van der Waals surface area contributed by atoms with Crippen molar-refractivity contribution in [1.29, 1.82) is 0 Å². The molecule has 1 aromatic heterocycles. The molecule has 0 bridgehead atoms. The highest BCUT2D eigenvalue weighted by atomic mass is 32.2. The van der Waals surface area contributed by atoms with Gasteiger partial charge in [-0.15, -0.1) is 11.3 Å². The molecule has 2 rings (SSSR count). The van der Waals surface area contributed by atoms with Gasteiger partial charge >= 0.3 is 0 Å². The molecule has 0 fully saturated rings. The molecular weight excluding hydrogens is 296 g/mol. The number of thiazole rings is 1. The molecule has 5 nitrogen and oxygen atoms in total. The summed E-state index contributed by atoms with van der Waals surface area (Å²) in [4.78, 5) is 17.5. The average molecular weight is 312 g/mol. The zero-order valence-electron chi connectivity index (χ0n) is 11.4. The first-order chi connectivity index (χ1) is 9.47. The normalized spacial score (nSPS) is 11.7. The lowest BCUT2D eigenvalue weighted by molar-refractivity contribution is -0.128. The number of amides is 1. The minimum atomic E-state index is -3.67. The summed E-state index contributed by atoms with van der Waals surface area (Å²) in [5.74, 6) is -0.900. The van der Waals surface area contributed by atoms with Crippen LogP contribution >= 0.6 is 11.3 Å². The van der Waals surface area contributed by atoms with Gasteiger partial charge in [-0.1, -0.05) is 12.1 Å². The van der Waals surface area contributed by atoms with E-state index < -0.39 is 15.6 Å². The molecule has 0 saturated carbocycles. The zero-order valence-corrected chi connectivity index (χ0v) is 13.0. The van der Waals surface area contributed by atoms with Crippen LogP contribution < -0.4 is 0 Å². The fourth-order valence-corrected chi connectivity index (χ4v) is 4.40. The van der Waals surface area contributed by atoms with Crippen LogP contribution in [0, 0.1) is 0 Å². The number of benzene rings is 1. The zero-order chi connectivity index (χ0) is 14.8. The Labute approximate surface area is 122 Å². The first-order valence-corrected chi connectivity index (χ1v) is 8.81. The van der Waals surface area contributed by atoms with Gasteiger partial charge in [0.05, 0.1) is 10.2 Å². The number of rotatable bonds is 5. The molecular formula is C13H16N2O3S2. The van der Waals surface area contributed by atoms with Crippen LogP contribution in [-0.2, 0) is 14.6 Å². The molecule has 2 aromatic rings.